The van der Waals surface area contributed by atoms with Gasteiger partial charge in [0.15, 0.2) is 0 Å². The Kier molecular flexibility index (Phi) is 4.97. The Labute approximate surface area is 129 Å². The Hall–Kier alpha value is -0.860. The van der Waals surface area contributed by atoms with E-state index in [9.17, 15) is 5.11 Å². The van der Waals surface area contributed by atoms with Crippen molar-refractivity contribution in [3.8, 4) is 0 Å². The highest BCUT2D eigenvalue weighted by Gasteiger charge is 2.41. The van der Waals surface area contributed by atoms with E-state index in [1.165, 1.54) is 57.2 Å². The van der Waals surface area contributed by atoms with Crippen LogP contribution in [-0.4, -0.2) is 35.2 Å². The zero-order valence-electron chi connectivity index (χ0n) is 13.1. The third-order valence-corrected chi connectivity index (χ3v) is 5.45. The molecule has 1 aromatic carbocycles. The lowest BCUT2D eigenvalue weighted by atomic mass is 9.84. The molecule has 0 spiro atoms. The van der Waals surface area contributed by atoms with Crippen molar-refractivity contribution in [3.05, 3.63) is 35.9 Å². The number of nitrogens with zero attached hydrogens (tertiary/aromatic N) is 1. The van der Waals surface area contributed by atoms with Gasteiger partial charge in [-0.1, -0.05) is 49.6 Å². The molecule has 21 heavy (non-hydrogen) atoms. The van der Waals surface area contributed by atoms with Gasteiger partial charge in [-0.2, -0.15) is 0 Å². The van der Waals surface area contributed by atoms with Crippen LogP contribution in [0.15, 0.2) is 30.3 Å². The minimum atomic E-state index is -0.479. The minimum absolute atomic E-state index is 0.454. The van der Waals surface area contributed by atoms with Gasteiger partial charge in [-0.3, -0.25) is 0 Å². The molecule has 3 rings (SSSR count). The van der Waals surface area contributed by atoms with Crippen LogP contribution < -0.4 is 0 Å². The van der Waals surface area contributed by atoms with Crippen molar-refractivity contribution in [2.45, 2.75) is 57.0 Å². The quantitative estimate of drug-likeness (QED) is 0.914. The van der Waals surface area contributed by atoms with Crippen LogP contribution in [0.3, 0.4) is 0 Å². The Balaban J connectivity index is 1.63. The number of hydrogen-bond donors (Lipinski definition) is 1. The molecule has 0 radical (unpaired) electrons. The van der Waals surface area contributed by atoms with Crippen molar-refractivity contribution in [2.24, 2.45) is 5.92 Å². The van der Waals surface area contributed by atoms with E-state index >= 15 is 0 Å². The summed E-state index contributed by atoms with van der Waals surface area (Å²) in [6.45, 7) is 3.57. The Morgan fingerprint density at radius 1 is 1.00 bits per heavy atom. The Bertz CT molecular complexity index is 424. The second-order valence-corrected chi connectivity index (χ2v) is 7.07. The minimum Gasteiger partial charge on any atom is -0.389 e. The van der Waals surface area contributed by atoms with E-state index in [2.05, 4.69) is 35.2 Å². The molecule has 2 heteroatoms. The molecular formula is C19H29NO. The molecule has 0 amide bonds. The summed E-state index contributed by atoms with van der Waals surface area (Å²) < 4.78 is 0. The molecule has 116 valence electrons. The number of rotatable bonds is 4. The average molecular weight is 287 g/mol. The van der Waals surface area contributed by atoms with Crippen LogP contribution in [0.2, 0.25) is 0 Å². The summed E-state index contributed by atoms with van der Waals surface area (Å²) in [5.41, 5.74) is 0.802. The molecule has 2 unspecified atom stereocenters. The molecule has 0 aromatic heterocycles. The maximum Gasteiger partial charge on any atom is 0.0728 e. The molecule has 1 aliphatic carbocycles. The van der Waals surface area contributed by atoms with E-state index in [4.69, 9.17) is 0 Å². The average Bonchev–Trinajstić information content (AvgIpc) is 2.69. The molecule has 2 fully saturated rings. The molecule has 1 aliphatic heterocycles. The summed E-state index contributed by atoms with van der Waals surface area (Å²) in [6.07, 6.45) is 9.62. The Morgan fingerprint density at radius 2 is 1.71 bits per heavy atom. The largest absolute Gasteiger partial charge is 0.389 e. The van der Waals surface area contributed by atoms with Gasteiger partial charge >= 0.3 is 0 Å². The lowest BCUT2D eigenvalue weighted by Crippen LogP contribution is -2.42. The van der Waals surface area contributed by atoms with Gasteiger partial charge in [0, 0.05) is 18.9 Å². The lowest BCUT2D eigenvalue weighted by Gasteiger charge is -2.34. The van der Waals surface area contributed by atoms with Crippen molar-refractivity contribution < 1.29 is 5.11 Å². The number of likely N-dealkylation sites (tertiary alicyclic amines) is 1. The van der Waals surface area contributed by atoms with Crippen LogP contribution in [0, 0.1) is 5.92 Å². The maximum atomic E-state index is 11.2. The third-order valence-electron chi connectivity index (χ3n) is 5.45. The number of aliphatic hydroxyl groups is 1. The molecule has 1 aromatic rings. The molecule has 1 saturated carbocycles. The van der Waals surface area contributed by atoms with Gasteiger partial charge in [-0.25, -0.2) is 0 Å². The van der Waals surface area contributed by atoms with Crippen LogP contribution in [0.25, 0.3) is 0 Å². The molecule has 2 nitrogen and oxygen atoms in total. The molecule has 1 N–H and O–H groups in total. The zero-order valence-corrected chi connectivity index (χ0v) is 13.1. The first-order valence-electron chi connectivity index (χ1n) is 8.75. The van der Waals surface area contributed by atoms with E-state index in [1.54, 1.807) is 0 Å². The van der Waals surface area contributed by atoms with Crippen molar-refractivity contribution >= 4 is 0 Å². The first-order valence-corrected chi connectivity index (χ1v) is 8.75. The monoisotopic (exact) mass is 287 g/mol. The van der Waals surface area contributed by atoms with Crippen molar-refractivity contribution in [1.82, 2.24) is 4.90 Å². The van der Waals surface area contributed by atoms with E-state index in [0.29, 0.717) is 5.92 Å². The van der Waals surface area contributed by atoms with Crippen molar-refractivity contribution in [1.29, 1.82) is 0 Å². The molecule has 1 saturated heterocycles. The van der Waals surface area contributed by atoms with Crippen molar-refractivity contribution in [2.75, 3.05) is 19.6 Å². The smallest absolute Gasteiger partial charge is 0.0728 e. The van der Waals surface area contributed by atoms with Crippen LogP contribution in [0.4, 0.5) is 0 Å². The standard InChI is InChI=1S/C19H29NO/c21-19(15-17-9-4-3-5-10-17)12-8-11-18(19)16-20-13-6-1-2-7-14-20/h3-5,9-10,18,21H,1-2,6-8,11-16H2. The second-order valence-electron chi connectivity index (χ2n) is 7.07. The fourth-order valence-electron chi connectivity index (χ4n) is 4.20. The summed E-state index contributed by atoms with van der Waals surface area (Å²) in [6, 6.07) is 10.5. The van der Waals surface area contributed by atoms with E-state index in [1.807, 2.05) is 0 Å². The van der Waals surface area contributed by atoms with Gasteiger partial charge < -0.3 is 10.0 Å². The third kappa shape index (κ3) is 3.87. The molecule has 2 atom stereocenters. The van der Waals surface area contributed by atoms with E-state index in [0.717, 1.165) is 19.4 Å². The molecule has 0 bridgehead atoms. The first-order chi connectivity index (χ1) is 10.3. The number of benzene rings is 1. The fraction of sp³-hybridized carbons (Fsp3) is 0.684. The topological polar surface area (TPSA) is 23.5 Å². The predicted molar refractivity (Wildman–Crippen MR) is 87.3 cm³/mol. The van der Waals surface area contributed by atoms with Gasteiger partial charge in [0.2, 0.25) is 0 Å². The van der Waals surface area contributed by atoms with E-state index in [-0.39, 0.29) is 0 Å². The summed E-state index contributed by atoms with van der Waals surface area (Å²) in [4.78, 5) is 2.61. The van der Waals surface area contributed by atoms with Gasteiger partial charge in [0.05, 0.1) is 5.60 Å². The summed E-state index contributed by atoms with van der Waals surface area (Å²) in [5, 5.41) is 11.2. The first kappa shape index (κ1) is 15.1. The van der Waals surface area contributed by atoms with Crippen LogP contribution in [-0.2, 0) is 6.42 Å². The van der Waals surface area contributed by atoms with Gasteiger partial charge in [0.25, 0.3) is 0 Å². The molecular weight excluding hydrogens is 258 g/mol. The fourth-order valence-corrected chi connectivity index (χ4v) is 4.20. The SMILES string of the molecule is OC1(Cc2ccccc2)CCCC1CN1CCCCCC1. The highest BCUT2D eigenvalue weighted by molar-refractivity contribution is 5.18. The molecule has 1 heterocycles. The van der Waals surface area contributed by atoms with Gasteiger partial charge in [0.1, 0.15) is 0 Å². The number of hydrogen-bond acceptors (Lipinski definition) is 2. The van der Waals surface area contributed by atoms with E-state index < -0.39 is 5.60 Å². The summed E-state index contributed by atoms with van der Waals surface area (Å²) in [5.74, 6) is 0.454. The van der Waals surface area contributed by atoms with Crippen molar-refractivity contribution in [3.63, 3.8) is 0 Å². The normalized spacial score (nSPS) is 31.2. The van der Waals surface area contributed by atoms with Gasteiger partial charge in [-0.05, 0) is 44.3 Å². The maximum absolute atomic E-state index is 11.2. The summed E-state index contributed by atoms with van der Waals surface area (Å²) in [7, 11) is 0. The highest BCUT2D eigenvalue weighted by Crippen LogP contribution is 2.39. The lowest BCUT2D eigenvalue weighted by molar-refractivity contribution is -0.0101. The van der Waals surface area contributed by atoms with Crippen LogP contribution in [0.1, 0.15) is 50.5 Å². The highest BCUT2D eigenvalue weighted by atomic mass is 16.3. The zero-order chi connectivity index (χ0) is 14.5. The second kappa shape index (κ2) is 6.93. The van der Waals surface area contributed by atoms with Gasteiger partial charge in [-0.15, -0.1) is 0 Å². The molecule has 2 aliphatic rings. The summed E-state index contributed by atoms with van der Waals surface area (Å²) >= 11 is 0. The van der Waals surface area contributed by atoms with Crippen LogP contribution in [0.5, 0.6) is 0 Å². The Morgan fingerprint density at radius 3 is 2.43 bits per heavy atom. The van der Waals surface area contributed by atoms with Crippen LogP contribution >= 0.6 is 0 Å². The predicted octanol–water partition coefficient (Wildman–Crippen LogP) is 3.64.